The number of fused-ring (bicyclic) bond motifs is 5. The summed E-state index contributed by atoms with van der Waals surface area (Å²) < 4.78 is 0. The van der Waals surface area contributed by atoms with Crippen LogP contribution < -0.4 is 11.1 Å². The van der Waals surface area contributed by atoms with Crippen LogP contribution in [0.4, 0.5) is 0 Å². The lowest BCUT2D eigenvalue weighted by atomic mass is 9.46. The molecule has 31 heavy (non-hydrogen) atoms. The highest BCUT2D eigenvalue weighted by molar-refractivity contribution is 5.26. The zero-order valence-electron chi connectivity index (χ0n) is 21.4. The van der Waals surface area contributed by atoms with Crippen LogP contribution in [0.3, 0.4) is 0 Å². The van der Waals surface area contributed by atoms with Crippen molar-refractivity contribution in [2.24, 2.45) is 52.1 Å². The monoisotopic (exact) mass is 428 g/mol. The van der Waals surface area contributed by atoms with Gasteiger partial charge in [0.2, 0.25) is 0 Å². The topological polar surface area (TPSA) is 38.0 Å². The first-order valence-corrected chi connectivity index (χ1v) is 13.9. The van der Waals surface area contributed by atoms with Crippen LogP contribution in [0.15, 0.2) is 11.6 Å². The van der Waals surface area contributed by atoms with E-state index in [9.17, 15) is 0 Å². The molecule has 0 saturated heterocycles. The molecule has 0 heterocycles. The Labute approximate surface area is 193 Å². The Kier molecular flexibility index (Phi) is 7.29. The Morgan fingerprint density at radius 2 is 1.81 bits per heavy atom. The third kappa shape index (κ3) is 4.42. The molecule has 2 nitrogen and oxygen atoms in total. The summed E-state index contributed by atoms with van der Waals surface area (Å²) in [7, 11) is 0. The molecular weight excluding hydrogens is 376 g/mol. The molecule has 4 rings (SSSR count). The van der Waals surface area contributed by atoms with Gasteiger partial charge in [-0.05, 0) is 97.7 Å². The number of nitrogens with two attached hydrogens (primary N) is 1. The highest BCUT2D eigenvalue weighted by atomic mass is 14.9. The first kappa shape index (κ1) is 23.8. The van der Waals surface area contributed by atoms with Gasteiger partial charge in [0.05, 0.1) is 0 Å². The van der Waals surface area contributed by atoms with Crippen molar-refractivity contribution in [3.05, 3.63) is 11.6 Å². The summed E-state index contributed by atoms with van der Waals surface area (Å²) in [5.41, 5.74) is 8.64. The Morgan fingerprint density at radius 3 is 2.55 bits per heavy atom. The van der Waals surface area contributed by atoms with E-state index in [0.29, 0.717) is 16.9 Å². The van der Waals surface area contributed by atoms with E-state index in [1.807, 2.05) is 0 Å². The van der Waals surface area contributed by atoms with Crippen molar-refractivity contribution in [2.75, 3.05) is 13.1 Å². The second-order valence-electron chi connectivity index (χ2n) is 12.9. The smallest absolute Gasteiger partial charge is 0.0253 e. The molecular formula is C29H52N2. The van der Waals surface area contributed by atoms with E-state index in [1.54, 1.807) is 5.57 Å². The highest BCUT2D eigenvalue weighted by Gasteiger charge is 2.59. The average Bonchev–Trinajstić information content (AvgIpc) is 3.09. The second kappa shape index (κ2) is 9.49. The fraction of sp³-hybridized carbons (Fsp3) is 0.931. The van der Waals surface area contributed by atoms with E-state index >= 15 is 0 Å². The van der Waals surface area contributed by atoms with Crippen molar-refractivity contribution >= 4 is 0 Å². The molecule has 178 valence electrons. The minimum absolute atomic E-state index is 0.478. The van der Waals surface area contributed by atoms with Gasteiger partial charge >= 0.3 is 0 Å². The molecule has 0 aromatic heterocycles. The van der Waals surface area contributed by atoms with Crippen LogP contribution in [-0.4, -0.2) is 19.1 Å². The van der Waals surface area contributed by atoms with E-state index in [2.05, 4.69) is 46.0 Å². The van der Waals surface area contributed by atoms with Gasteiger partial charge < -0.3 is 11.1 Å². The molecule has 0 aromatic rings. The van der Waals surface area contributed by atoms with Gasteiger partial charge in [0.1, 0.15) is 0 Å². The minimum atomic E-state index is 0.478. The zero-order chi connectivity index (χ0) is 22.2. The lowest BCUT2D eigenvalue weighted by molar-refractivity contribution is -0.0599. The number of hydrogen-bond donors (Lipinski definition) is 2. The van der Waals surface area contributed by atoms with E-state index in [0.717, 1.165) is 48.6 Å². The lowest BCUT2D eigenvalue weighted by Crippen LogP contribution is -2.51. The maximum atomic E-state index is 5.74. The highest BCUT2D eigenvalue weighted by Crippen LogP contribution is 2.67. The average molecular weight is 429 g/mol. The molecule has 4 aliphatic carbocycles. The Hall–Kier alpha value is -0.340. The van der Waals surface area contributed by atoms with Gasteiger partial charge in [-0.25, -0.2) is 0 Å². The number of nitrogens with one attached hydrogen (secondary N) is 1. The summed E-state index contributed by atoms with van der Waals surface area (Å²) in [6.45, 7) is 14.4. The van der Waals surface area contributed by atoms with Crippen LogP contribution in [0.2, 0.25) is 0 Å². The van der Waals surface area contributed by atoms with Gasteiger partial charge in [0.15, 0.2) is 0 Å². The predicted octanol–water partition coefficient (Wildman–Crippen LogP) is 6.94. The van der Waals surface area contributed by atoms with Crippen molar-refractivity contribution < 1.29 is 0 Å². The third-order valence-corrected chi connectivity index (χ3v) is 10.9. The maximum absolute atomic E-state index is 5.74. The lowest BCUT2D eigenvalue weighted by Gasteiger charge is -2.59. The fourth-order valence-corrected chi connectivity index (χ4v) is 9.18. The van der Waals surface area contributed by atoms with Crippen molar-refractivity contribution in [1.82, 2.24) is 5.32 Å². The summed E-state index contributed by atoms with van der Waals surface area (Å²) in [5, 5.41) is 3.68. The van der Waals surface area contributed by atoms with Crippen molar-refractivity contribution in [2.45, 2.75) is 111 Å². The Bertz CT molecular complexity index is 639. The van der Waals surface area contributed by atoms with Crippen LogP contribution in [0.1, 0.15) is 105 Å². The summed E-state index contributed by atoms with van der Waals surface area (Å²) in [5.74, 6) is 5.68. The second-order valence-corrected chi connectivity index (χ2v) is 12.9. The molecule has 0 radical (unpaired) electrons. The van der Waals surface area contributed by atoms with Crippen LogP contribution >= 0.6 is 0 Å². The maximum Gasteiger partial charge on any atom is 0.0253 e. The standard InChI is InChI=1S/C29H52N2/c1-20(2)7-6-8-21(3)25-11-12-26-24-10-9-22-19-23(31-18-17-30)13-15-28(22,4)27(24)14-16-29(25,26)5/h19-21,23-27,31H,6-18,30H2,1-5H3/t21-,23+,24+,25-,26+,27+,28+,29-/m1/s1. The Morgan fingerprint density at radius 1 is 1.00 bits per heavy atom. The predicted molar refractivity (Wildman–Crippen MR) is 134 cm³/mol. The van der Waals surface area contributed by atoms with Gasteiger partial charge in [0, 0.05) is 19.1 Å². The van der Waals surface area contributed by atoms with Gasteiger partial charge in [0.25, 0.3) is 0 Å². The van der Waals surface area contributed by atoms with Gasteiger partial charge in [-0.1, -0.05) is 65.5 Å². The van der Waals surface area contributed by atoms with E-state index < -0.39 is 0 Å². The first-order valence-electron chi connectivity index (χ1n) is 13.9. The number of rotatable bonds is 8. The summed E-state index contributed by atoms with van der Waals surface area (Å²) in [6, 6.07) is 0.569. The molecule has 3 saturated carbocycles. The quantitative estimate of drug-likeness (QED) is 0.411. The van der Waals surface area contributed by atoms with Crippen LogP contribution in [-0.2, 0) is 0 Å². The molecule has 3 N–H and O–H groups in total. The van der Waals surface area contributed by atoms with E-state index in [-0.39, 0.29) is 0 Å². The van der Waals surface area contributed by atoms with Gasteiger partial charge in [-0.2, -0.15) is 0 Å². The first-order chi connectivity index (χ1) is 14.8. The molecule has 8 atom stereocenters. The summed E-state index contributed by atoms with van der Waals surface area (Å²) >= 11 is 0. The third-order valence-electron chi connectivity index (χ3n) is 10.9. The fourth-order valence-electron chi connectivity index (χ4n) is 9.18. The van der Waals surface area contributed by atoms with Crippen LogP contribution in [0.5, 0.6) is 0 Å². The summed E-state index contributed by atoms with van der Waals surface area (Å²) in [6.07, 6.45) is 18.5. The largest absolute Gasteiger partial charge is 0.329 e. The normalized spacial score (nSPS) is 43.2. The number of hydrogen-bond acceptors (Lipinski definition) is 2. The molecule has 2 heteroatoms. The van der Waals surface area contributed by atoms with Crippen LogP contribution in [0, 0.1) is 46.3 Å². The van der Waals surface area contributed by atoms with E-state index in [4.69, 9.17) is 5.73 Å². The SMILES string of the molecule is CC(C)CCC[C@@H](C)[C@H]1CC[C@H]2[C@@H]3CCC4=C[C@@H](NCCN)CC[C@]4(C)[C@H]3CC[C@]12C. The minimum Gasteiger partial charge on any atom is -0.329 e. The van der Waals surface area contributed by atoms with Gasteiger partial charge in [-0.15, -0.1) is 0 Å². The van der Waals surface area contributed by atoms with E-state index in [1.165, 1.54) is 70.6 Å². The molecule has 0 unspecified atom stereocenters. The van der Waals surface area contributed by atoms with Gasteiger partial charge in [-0.3, -0.25) is 0 Å². The zero-order valence-corrected chi connectivity index (χ0v) is 21.4. The van der Waals surface area contributed by atoms with Crippen molar-refractivity contribution in [3.8, 4) is 0 Å². The molecule has 3 fully saturated rings. The van der Waals surface area contributed by atoms with Crippen molar-refractivity contribution in [1.29, 1.82) is 0 Å². The molecule has 0 bridgehead atoms. The molecule has 0 spiro atoms. The van der Waals surface area contributed by atoms with Crippen LogP contribution in [0.25, 0.3) is 0 Å². The Balaban J connectivity index is 1.45. The molecule has 4 aliphatic rings. The number of allylic oxidation sites excluding steroid dienone is 1. The molecule has 0 amide bonds. The molecule has 0 aromatic carbocycles. The summed E-state index contributed by atoms with van der Waals surface area (Å²) in [4.78, 5) is 0. The van der Waals surface area contributed by atoms with Crippen molar-refractivity contribution in [3.63, 3.8) is 0 Å². The molecule has 0 aliphatic heterocycles.